The summed E-state index contributed by atoms with van der Waals surface area (Å²) in [6.45, 7) is 18.3. The van der Waals surface area contributed by atoms with Gasteiger partial charge in [0, 0.05) is 27.6 Å². The number of benzene rings is 5. The van der Waals surface area contributed by atoms with Gasteiger partial charge in [0.1, 0.15) is 46.1 Å². The molecule has 4 aromatic heterocycles. The fraction of sp³-hybridized carbons (Fsp3) is 0.224. The lowest BCUT2D eigenvalue weighted by atomic mass is 9.82. The molecule has 0 saturated carbocycles. The molecule has 0 radical (unpaired) electrons. The highest BCUT2D eigenvalue weighted by molar-refractivity contribution is 6.13. The van der Waals surface area contributed by atoms with Crippen LogP contribution in [0.1, 0.15) is 74.9 Å². The van der Waals surface area contributed by atoms with Crippen LogP contribution >= 0.6 is 0 Å². The van der Waals surface area contributed by atoms with E-state index in [1.165, 1.54) is 49.7 Å². The number of fused-ring (bicyclic) bond motifs is 11. The third-order valence-corrected chi connectivity index (χ3v) is 12.7. The summed E-state index contributed by atoms with van der Waals surface area (Å²) in [6.07, 6.45) is 6.90. The molecule has 0 amide bonds. The van der Waals surface area contributed by atoms with Crippen LogP contribution in [0.3, 0.4) is 0 Å². The first kappa shape index (κ1) is 31.2. The molecule has 5 aromatic carbocycles. The number of nitrogens with zero attached hydrogens (tertiary/aromatic N) is 4. The van der Waals surface area contributed by atoms with Gasteiger partial charge in [0.2, 0.25) is 0 Å². The van der Waals surface area contributed by atoms with Crippen LogP contribution in [-0.2, 0) is 16.5 Å². The van der Waals surface area contributed by atoms with E-state index in [1.54, 1.807) is 0 Å². The van der Waals surface area contributed by atoms with Crippen molar-refractivity contribution in [3.63, 3.8) is 0 Å². The van der Waals surface area contributed by atoms with Crippen LogP contribution in [0.5, 0.6) is 11.5 Å². The van der Waals surface area contributed by atoms with Crippen LogP contribution in [0, 0.1) is 13.8 Å². The number of pyridine rings is 1. The molecule has 1 unspecified atom stereocenters. The summed E-state index contributed by atoms with van der Waals surface area (Å²) in [5.74, 6) is 3.87. The third-order valence-electron chi connectivity index (χ3n) is 12.7. The average Bonchev–Trinajstić information content (AvgIpc) is 3.90. The second-order valence-electron chi connectivity index (χ2n) is 18.0. The van der Waals surface area contributed by atoms with E-state index >= 15 is 0 Å². The molecule has 1 spiro atoms. The molecule has 55 heavy (non-hydrogen) atoms. The largest absolute Gasteiger partial charge is 0.452 e. The number of hydrogen-bond acceptors (Lipinski definition) is 2. The number of furan rings is 1. The quantitative estimate of drug-likeness (QED) is 0.159. The number of aryl methyl sites for hydroxylation is 2. The van der Waals surface area contributed by atoms with Crippen molar-refractivity contribution in [1.29, 1.82) is 0 Å². The lowest BCUT2D eigenvalue weighted by Gasteiger charge is -2.36. The summed E-state index contributed by atoms with van der Waals surface area (Å²) >= 11 is 0. The van der Waals surface area contributed by atoms with E-state index in [0.717, 1.165) is 61.8 Å². The van der Waals surface area contributed by atoms with Gasteiger partial charge < -0.3 is 9.15 Å². The smallest absolute Gasteiger partial charge is 0.318 e. The molecule has 3 aliphatic heterocycles. The zero-order valence-corrected chi connectivity index (χ0v) is 32.5. The summed E-state index contributed by atoms with van der Waals surface area (Å²) in [5.41, 5.74) is 12.9. The maximum absolute atomic E-state index is 7.27. The van der Waals surface area contributed by atoms with Crippen molar-refractivity contribution >= 4 is 43.7 Å². The Labute approximate surface area is 319 Å². The van der Waals surface area contributed by atoms with Crippen molar-refractivity contribution in [3.05, 3.63) is 143 Å². The van der Waals surface area contributed by atoms with Gasteiger partial charge in [-0.15, -0.1) is 0 Å². The second-order valence-corrected chi connectivity index (χ2v) is 18.0. The molecule has 0 fully saturated rings. The van der Waals surface area contributed by atoms with E-state index < -0.39 is 5.66 Å². The van der Waals surface area contributed by atoms with Gasteiger partial charge in [-0.3, -0.25) is 0 Å². The lowest BCUT2D eigenvalue weighted by Crippen LogP contribution is -2.75. The number of imidazole rings is 1. The molecule has 3 aliphatic rings. The minimum Gasteiger partial charge on any atom is -0.452 e. The summed E-state index contributed by atoms with van der Waals surface area (Å²) in [5, 5.41) is 4.59. The Bertz CT molecular complexity index is 3210. The molecule has 0 saturated heterocycles. The van der Waals surface area contributed by atoms with Gasteiger partial charge in [-0.25, -0.2) is 0 Å². The topological polar surface area (TPSA) is 40.0 Å². The standard InChI is InChI=1S/C49H42N4O2/c1-27-23-30(48(6,7)8)24-28(2)42(27)50-21-22-52-46(50)35-26-34-32-14-10-12-16-37(32)54-44(34)45-40(35)49(52)41-38(55-45)18-17-33-31-13-9-11-15-36(31)53(43(33)41)39-25-29(47(3,4)5)19-20-51(39)49/h9-26H,1-8H3/q+2. The zero-order valence-electron chi connectivity index (χ0n) is 32.5. The van der Waals surface area contributed by atoms with E-state index in [0.29, 0.717) is 0 Å². The van der Waals surface area contributed by atoms with Gasteiger partial charge in [0.05, 0.1) is 11.8 Å². The van der Waals surface area contributed by atoms with Crippen LogP contribution in [0.4, 0.5) is 0 Å². The SMILES string of the molecule is Cc1cc(C(C)(C)C)cc(C)c1-n1cc[n+]2c1-c1cc3c(oc4ccccc43)c3c1C21c2c(ccc4c5ccccc5n(c24)-c2cc(C(C)(C)C)cc[n+]21)O3. The lowest BCUT2D eigenvalue weighted by molar-refractivity contribution is -0.961. The minimum absolute atomic E-state index is 0.0406. The zero-order chi connectivity index (χ0) is 37.5. The Morgan fingerprint density at radius 2 is 1.38 bits per heavy atom. The number of aromatic nitrogens is 4. The highest BCUT2D eigenvalue weighted by atomic mass is 16.5. The van der Waals surface area contributed by atoms with Crippen LogP contribution < -0.4 is 13.9 Å². The Kier molecular flexibility index (Phi) is 5.53. The van der Waals surface area contributed by atoms with Gasteiger partial charge in [-0.05, 0) is 89.4 Å². The first-order valence-corrected chi connectivity index (χ1v) is 19.4. The van der Waals surface area contributed by atoms with Gasteiger partial charge in [0.25, 0.3) is 11.6 Å². The Hall–Kier alpha value is -6.14. The molecular weight excluding hydrogens is 677 g/mol. The van der Waals surface area contributed by atoms with E-state index in [4.69, 9.17) is 9.15 Å². The fourth-order valence-electron chi connectivity index (χ4n) is 10.2. The summed E-state index contributed by atoms with van der Waals surface area (Å²) < 4.78 is 24.0. The molecule has 0 bridgehead atoms. The average molecular weight is 719 g/mol. The Morgan fingerprint density at radius 3 is 2.15 bits per heavy atom. The van der Waals surface area contributed by atoms with E-state index in [-0.39, 0.29) is 10.8 Å². The van der Waals surface area contributed by atoms with Crippen molar-refractivity contribution in [3.8, 4) is 34.4 Å². The normalized spacial score (nSPS) is 16.6. The van der Waals surface area contributed by atoms with Gasteiger partial charge in [-0.2, -0.15) is 18.3 Å². The first-order valence-electron chi connectivity index (χ1n) is 19.4. The number of rotatable bonds is 1. The molecule has 9 aromatic rings. The minimum atomic E-state index is -0.811. The molecule has 7 heterocycles. The maximum Gasteiger partial charge on any atom is 0.318 e. The number of ether oxygens (including phenoxy) is 1. The van der Waals surface area contributed by atoms with Crippen molar-refractivity contribution < 1.29 is 18.3 Å². The molecule has 1 atom stereocenters. The van der Waals surface area contributed by atoms with Gasteiger partial charge in [0.15, 0.2) is 16.8 Å². The van der Waals surface area contributed by atoms with E-state index in [9.17, 15) is 0 Å². The van der Waals surface area contributed by atoms with Gasteiger partial charge in [-0.1, -0.05) is 84.0 Å². The molecule has 268 valence electrons. The van der Waals surface area contributed by atoms with Crippen molar-refractivity contribution in [2.24, 2.45) is 0 Å². The highest BCUT2D eigenvalue weighted by Gasteiger charge is 2.67. The summed E-state index contributed by atoms with van der Waals surface area (Å²) in [7, 11) is 0. The Morgan fingerprint density at radius 1 is 0.655 bits per heavy atom. The van der Waals surface area contributed by atoms with E-state index in [1.807, 2.05) is 6.07 Å². The van der Waals surface area contributed by atoms with Crippen molar-refractivity contribution in [2.75, 3.05) is 0 Å². The number of para-hydroxylation sites is 2. The fourth-order valence-corrected chi connectivity index (χ4v) is 10.2. The molecule has 0 aliphatic carbocycles. The predicted octanol–water partition coefficient (Wildman–Crippen LogP) is 11.0. The maximum atomic E-state index is 7.27. The third kappa shape index (κ3) is 3.62. The molecule has 0 N–H and O–H groups in total. The molecular formula is C49H42N4O2+2. The highest BCUT2D eigenvalue weighted by Crippen LogP contribution is 2.59. The summed E-state index contributed by atoms with van der Waals surface area (Å²) in [4.78, 5) is 0. The summed E-state index contributed by atoms with van der Waals surface area (Å²) in [6, 6.07) is 33.5. The van der Waals surface area contributed by atoms with Gasteiger partial charge >= 0.3 is 5.66 Å². The van der Waals surface area contributed by atoms with Crippen LogP contribution in [0.25, 0.3) is 66.6 Å². The monoisotopic (exact) mass is 718 g/mol. The van der Waals surface area contributed by atoms with Crippen molar-refractivity contribution in [2.45, 2.75) is 71.9 Å². The van der Waals surface area contributed by atoms with E-state index in [2.05, 4.69) is 177 Å². The molecule has 12 rings (SSSR count). The predicted molar refractivity (Wildman–Crippen MR) is 218 cm³/mol. The first-order chi connectivity index (χ1) is 26.4. The van der Waals surface area contributed by atoms with Crippen LogP contribution in [-0.4, -0.2) is 9.13 Å². The number of hydrogen-bond donors (Lipinski definition) is 0. The second kappa shape index (κ2) is 9.74. The van der Waals surface area contributed by atoms with Crippen molar-refractivity contribution in [1.82, 2.24) is 9.13 Å². The van der Waals surface area contributed by atoms with Crippen LogP contribution in [0.2, 0.25) is 0 Å². The molecule has 6 nitrogen and oxygen atoms in total. The molecule has 6 heteroatoms. The van der Waals surface area contributed by atoms with Crippen LogP contribution in [0.15, 0.2) is 114 Å². The Balaban J connectivity index is 1.31.